The van der Waals surface area contributed by atoms with Crippen LogP contribution in [0.2, 0.25) is 0 Å². The summed E-state index contributed by atoms with van der Waals surface area (Å²) in [7, 11) is 1.83. The van der Waals surface area contributed by atoms with E-state index in [1.165, 1.54) is 18.6 Å². The maximum absolute atomic E-state index is 13.3. The highest BCUT2D eigenvalue weighted by molar-refractivity contribution is 5.94. The van der Waals surface area contributed by atoms with Gasteiger partial charge in [-0.05, 0) is 60.0 Å². The summed E-state index contributed by atoms with van der Waals surface area (Å²) in [5.41, 5.74) is 4.37. The standard InChI is InChI=1S/C19H21F2N3O.C13H15NO.C3H8/c1-22-18-4-2-15(3-5-18)19(25)24-8-6-23(7-9-24)13-14-10-16(20)12-17(21)11-14;1-2-12(15)9-11-6-3-5-10-7-4-8-14-13(10)11;1-3-2/h2-5,10-12,22H,6-9,13H2,1H3;3-8,12,15H,2,9H2,1H3;3H2,1-2H3. The zero-order chi connectivity index (χ0) is 31.2. The summed E-state index contributed by atoms with van der Waals surface area (Å²) >= 11 is 0. The number of nitrogens with zero attached hydrogens (tertiary/aromatic N) is 3. The van der Waals surface area contributed by atoms with Gasteiger partial charge in [-0.1, -0.05) is 51.5 Å². The molecule has 1 fully saturated rings. The Morgan fingerprint density at radius 1 is 0.930 bits per heavy atom. The molecule has 1 aliphatic rings. The number of benzene rings is 3. The molecule has 1 unspecified atom stereocenters. The molecule has 0 aliphatic carbocycles. The Kier molecular flexibility index (Phi) is 13.5. The van der Waals surface area contributed by atoms with E-state index in [-0.39, 0.29) is 12.0 Å². The van der Waals surface area contributed by atoms with Crippen LogP contribution in [0.25, 0.3) is 10.9 Å². The third-order valence-electron chi connectivity index (χ3n) is 7.05. The number of pyridine rings is 1. The molecule has 1 atom stereocenters. The van der Waals surface area contributed by atoms with Crippen molar-refractivity contribution in [2.24, 2.45) is 0 Å². The number of amides is 1. The Hall–Kier alpha value is -3.88. The monoisotopic (exact) mass is 590 g/mol. The molecule has 3 aromatic carbocycles. The van der Waals surface area contributed by atoms with Crippen molar-refractivity contribution in [3.63, 3.8) is 0 Å². The number of aliphatic hydroxyl groups excluding tert-OH is 1. The summed E-state index contributed by atoms with van der Waals surface area (Å²) < 4.78 is 26.6. The zero-order valence-corrected chi connectivity index (χ0v) is 25.7. The van der Waals surface area contributed by atoms with Gasteiger partial charge in [0.15, 0.2) is 0 Å². The number of fused-ring (bicyclic) bond motifs is 1. The lowest BCUT2D eigenvalue weighted by molar-refractivity contribution is 0.0628. The maximum atomic E-state index is 13.3. The van der Waals surface area contributed by atoms with Gasteiger partial charge in [0.05, 0.1) is 11.6 Å². The first-order valence-corrected chi connectivity index (χ1v) is 15.0. The fourth-order valence-electron chi connectivity index (χ4n) is 4.76. The highest BCUT2D eigenvalue weighted by Crippen LogP contribution is 2.18. The van der Waals surface area contributed by atoms with Gasteiger partial charge in [0.25, 0.3) is 5.91 Å². The lowest BCUT2D eigenvalue weighted by Crippen LogP contribution is -2.48. The molecule has 0 spiro atoms. The number of hydrogen-bond donors (Lipinski definition) is 2. The minimum Gasteiger partial charge on any atom is -0.393 e. The number of piperazine rings is 1. The van der Waals surface area contributed by atoms with E-state index in [0.29, 0.717) is 50.3 Å². The van der Waals surface area contributed by atoms with Crippen LogP contribution < -0.4 is 5.32 Å². The van der Waals surface area contributed by atoms with Crippen LogP contribution >= 0.6 is 0 Å². The third-order valence-corrected chi connectivity index (χ3v) is 7.05. The van der Waals surface area contributed by atoms with Crippen molar-refractivity contribution < 1.29 is 18.7 Å². The Morgan fingerprint density at radius 2 is 1.56 bits per heavy atom. The van der Waals surface area contributed by atoms with Crippen LogP contribution in [-0.2, 0) is 13.0 Å². The average Bonchev–Trinajstić information content (AvgIpc) is 3.01. The molecule has 43 heavy (non-hydrogen) atoms. The van der Waals surface area contributed by atoms with E-state index in [2.05, 4.69) is 29.0 Å². The van der Waals surface area contributed by atoms with Crippen LogP contribution in [0.3, 0.4) is 0 Å². The summed E-state index contributed by atoms with van der Waals surface area (Å²) in [6, 6.07) is 21.0. The fraction of sp³-hybridized carbons (Fsp3) is 0.371. The number of rotatable bonds is 7. The molecule has 0 saturated carbocycles. The van der Waals surface area contributed by atoms with Crippen LogP contribution in [0, 0.1) is 11.6 Å². The summed E-state index contributed by atoms with van der Waals surface area (Å²) in [5.74, 6) is -1.11. The van der Waals surface area contributed by atoms with Crippen LogP contribution in [0.15, 0.2) is 79.0 Å². The highest BCUT2D eigenvalue weighted by atomic mass is 19.1. The van der Waals surface area contributed by atoms with Crippen LogP contribution in [0.4, 0.5) is 14.5 Å². The number of aromatic nitrogens is 1. The SMILES string of the molecule is CCC.CCC(O)Cc1cccc2cccnc12.CNc1ccc(C(=O)N2CCN(Cc3cc(F)cc(F)c3)CC2)cc1. The molecule has 4 aromatic rings. The molecular weight excluding hydrogens is 546 g/mol. The number of carbonyl (C=O) groups is 1. The Labute approximate surface area is 254 Å². The molecule has 1 aliphatic heterocycles. The first kappa shape index (κ1) is 33.6. The summed E-state index contributed by atoms with van der Waals surface area (Å²) in [6.45, 7) is 9.28. The van der Waals surface area contributed by atoms with E-state index in [1.807, 2.05) is 73.5 Å². The lowest BCUT2D eigenvalue weighted by atomic mass is 10.0. The van der Waals surface area contributed by atoms with Crippen LogP contribution in [0.1, 0.15) is 55.1 Å². The van der Waals surface area contributed by atoms with Gasteiger partial charge >= 0.3 is 0 Å². The van der Waals surface area contributed by atoms with E-state index in [4.69, 9.17) is 0 Å². The number of carbonyl (C=O) groups excluding carboxylic acids is 1. The highest BCUT2D eigenvalue weighted by Gasteiger charge is 2.22. The number of para-hydroxylation sites is 1. The second kappa shape index (κ2) is 17.3. The molecule has 230 valence electrons. The van der Waals surface area contributed by atoms with Gasteiger partial charge in [-0.3, -0.25) is 14.7 Å². The average molecular weight is 591 g/mol. The zero-order valence-electron chi connectivity index (χ0n) is 25.7. The fourth-order valence-corrected chi connectivity index (χ4v) is 4.76. The van der Waals surface area contributed by atoms with Crippen molar-refractivity contribution in [1.29, 1.82) is 0 Å². The van der Waals surface area contributed by atoms with E-state index in [1.54, 1.807) is 6.20 Å². The molecular formula is C35H44F2N4O2. The van der Waals surface area contributed by atoms with E-state index >= 15 is 0 Å². The van der Waals surface area contributed by atoms with Crippen molar-refractivity contribution >= 4 is 22.5 Å². The van der Waals surface area contributed by atoms with Gasteiger partial charge in [-0.15, -0.1) is 0 Å². The lowest BCUT2D eigenvalue weighted by Gasteiger charge is -2.34. The summed E-state index contributed by atoms with van der Waals surface area (Å²) in [5, 5.41) is 13.8. The van der Waals surface area contributed by atoms with Crippen LogP contribution in [-0.4, -0.2) is 65.1 Å². The molecule has 1 aromatic heterocycles. The van der Waals surface area contributed by atoms with Gasteiger partial charge < -0.3 is 15.3 Å². The van der Waals surface area contributed by atoms with Gasteiger partial charge in [-0.25, -0.2) is 8.78 Å². The number of nitrogens with one attached hydrogen (secondary N) is 1. The second-order valence-corrected chi connectivity index (χ2v) is 10.6. The van der Waals surface area contributed by atoms with Crippen molar-refractivity contribution in [3.8, 4) is 0 Å². The second-order valence-electron chi connectivity index (χ2n) is 10.6. The number of aliphatic hydroxyl groups is 1. The molecule has 6 nitrogen and oxygen atoms in total. The smallest absolute Gasteiger partial charge is 0.253 e. The first-order valence-electron chi connectivity index (χ1n) is 15.0. The predicted molar refractivity (Wildman–Crippen MR) is 171 cm³/mol. The van der Waals surface area contributed by atoms with Gasteiger partial charge in [0.2, 0.25) is 0 Å². The largest absolute Gasteiger partial charge is 0.393 e. The topological polar surface area (TPSA) is 68.7 Å². The predicted octanol–water partition coefficient (Wildman–Crippen LogP) is 6.93. The van der Waals surface area contributed by atoms with Gasteiger partial charge in [-0.2, -0.15) is 0 Å². The minimum absolute atomic E-state index is 0.0131. The van der Waals surface area contributed by atoms with Crippen molar-refractivity contribution in [2.75, 3.05) is 38.5 Å². The van der Waals surface area contributed by atoms with Crippen molar-refractivity contribution in [2.45, 2.75) is 52.7 Å². The summed E-state index contributed by atoms with van der Waals surface area (Å²) in [6.07, 6.45) is 4.25. The molecule has 0 bridgehead atoms. The summed E-state index contributed by atoms with van der Waals surface area (Å²) in [4.78, 5) is 20.8. The molecule has 1 saturated heterocycles. The van der Waals surface area contributed by atoms with Crippen molar-refractivity contribution in [3.05, 3.63) is 107 Å². The normalized spacial score (nSPS) is 13.8. The van der Waals surface area contributed by atoms with Crippen molar-refractivity contribution in [1.82, 2.24) is 14.8 Å². The Morgan fingerprint density at radius 3 is 2.16 bits per heavy atom. The molecule has 2 heterocycles. The number of anilines is 1. The molecule has 0 radical (unpaired) electrons. The quantitative estimate of drug-likeness (QED) is 0.244. The van der Waals surface area contributed by atoms with E-state index < -0.39 is 11.6 Å². The minimum atomic E-state index is -0.561. The maximum Gasteiger partial charge on any atom is 0.253 e. The van der Waals surface area contributed by atoms with Gasteiger partial charge in [0, 0.05) is 75.1 Å². The number of halogens is 2. The third kappa shape index (κ3) is 10.4. The Bertz CT molecular complexity index is 1400. The van der Waals surface area contributed by atoms with Crippen LogP contribution in [0.5, 0.6) is 0 Å². The molecule has 1 amide bonds. The molecule has 5 rings (SSSR count). The number of hydrogen-bond acceptors (Lipinski definition) is 5. The molecule has 8 heteroatoms. The van der Waals surface area contributed by atoms with Gasteiger partial charge in [0.1, 0.15) is 11.6 Å². The van der Waals surface area contributed by atoms with E-state index in [9.17, 15) is 18.7 Å². The molecule has 2 N–H and O–H groups in total. The van der Waals surface area contributed by atoms with E-state index in [0.717, 1.165) is 34.6 Å². The first-order chi connectivity index (χ1) is 20.8. The Balaban J connectivity index is 0.000000239.